The third-order valence-electron chi connectivity index (χ3n) is 4.26. The monoisotopic (exact) mass is 332 g/mol. The third kappa shape index (κ3) is 3.80. The largest absolute Gasteiger partial charge is 0.342 e. The topological polar surface area (TPSA) is 61.9 Å². The zero-order chi connectivity index (χ0) is 16.4. The lowest BCUT2D eigenvalue weighted by Crippen LogP contribution is -2.40. The fraction of sp³-hybridized carbons (Fsp3) is 0.588. The van der Waals surface area contributed by atoms with Crippen LogP contribution in [0.25, 0.3) is 0 Å². The van der Waals surface area contributed by atoms with Crippen molar-refractivity contribution in [3.63, 3.8) is 0 Å². The summed E-state index contributed by atoms with van der Waals surface area (Å²) < 4.78 is 0. The summed E-state index contributed by atoms with van der Waals surface area (Å²) in [4.78, 5) is 19.2. The molecule has 1 amide bonds. The minimum Gasteiger partial charge on any atom is -0.342 e. The van der Waals surface area contributed by atoms with E-state index in [1.165, 1.54) is 0 Å². The molecule has 3 rings (SSSR count). The lowest BCUT2D eigenvalue weighted by atomic mass is 9.94. The zero-order valence-electron chi connectivity index (χ0n) is 14.0. The van der Waals surface area contributed by atoms with E-state index in [9.17, 15) is 4.79 Å². The number of H-pyrrole nitrogens is 1. The van der Waals surface area contributed by atoms with Crippen LogP contribution in [0.4, 0.5) is 0 Å². The molecule has 1 aliphatic rings. The first-order chi connectivity index (χ1) is 10.9. The number of hydrogen-bond acceptors (Lipinski definition) is 4. The number of aromatic amines is 1. The molecule has 124 valence electrons. The standard InChI is InChI=1S/C17H24N4OS/c1-17(2,3)16-19-13(11-23-16)9-15(22)21-8-4-5-12(10-21)14-6-7-18-20-14/h6-7,11-12H,4-5,8-10H2,1-3H3,(H,18,20)/t12-/m0/s1. The Morgan fingerprint density at radius 3 is 2.96 bits per heavy atom. The first-order valence-corrected chi connectivity index (χ1v) is 9.03. The van der Waals surface area contributed by atoms with Gasteiger partial charge in [0.2, 0.25) is 5.91 Å². The van der Waals surface area contributed by atoms with Crippen molar-refractivity contribution in [3.8, 4) is 0 Å². The summed E-state index contributed by atoms with van der Waals surface area (Å²) in [5.41, 5.74) is 2.07. The normalized spacial score (nSPS) is 19.1. The summed E-state index contributed by atoms with van der Waals surface area (Å²) in [5, 5.41) is 10.2. The van der Waals surface area contributed by atoms with E-state index in [-0.39, 0.29) is 11.3 Å². The second-order valence-corrected chi connectivity index (χ2v) is 8.12. The maximum absolute atomic E-state index is 12.6. The van der Waals surface area contributed by atoms with E-state index in [0.29, 0.717) is 12.3 Å². The molecule has 0 saturated carbocycles. The number of piperidine rings is 1. The maximum Gasteiger partial charge on any atom is 0.228 e. The molecule has 23 heavy (non-hydrogen) atoms. The highest BCUT2D eigenvalue weighted by atomic mass is 32.1. The summed E-state index contributed by atoms with van der Waals surface area (Å²) >= 11 is 1.65. The molecule has 1 aliphatic heterocycles. The molecule has 3 heterocycles. The highest BCUT2D eigenvalue weighted by Crippen LogP contribution is 2.27. The van der Waals surface area contributed by atoms with E-state index in [0.717, 1.165) is 42.3 Å². The number of amides is 1. The molecular formula is C17H24N4OS. The van der Waals surface area contributed by atoms with Crippen molar-refractivity contribution in [2.45, 2.75) is 51.4 Å². The van der Waals surface area contributed by atoms with Gasteiger partial charge in [-0.3, -0.25) is 9.89 Å². The van der Waals surface area contributed by atoms with E-state index >= 15 is 0 Å². The summed E-state index contributed by atoms with van der Waals surface area (Å²) in [6.07, 6.45) is 4.33. The number of nitrogens with one attached hydrogen (secondary N) is 1. The molecule has 0 spiro atoms. The summed E-state index contributed by atoms with van der Waals surface area (Å²) in [5.74, 6) is 0.552. The van der Waals surface area contributed by atoms with Crippen LogP contribution in [0.15, 0.2) is 17.6 Å². The molecule has 0 bridgehead atoms. The molecule has 6 heteroatoms. The highest BCUT2D eigenvalue weighted by molar-refractivity contribution is 7.09. The van der Waals surface area contributed by atoms with E-state index in [2.05, 4.69) is 36.0 Å². The highest BCUT2D eigenvalue weighted by Gasteiger charge is 2.26. The lowest BCUT2D eigenvalue weighted by molar-refractivity contribution is -0.131. The molecule has 0 unspecified atom stereocenters. The fourth-order valence-corrected chi connectivity index (χ4v) is 3.86. The van der Waals surface area contributed by atoms with Gasteiger partial charge in [0, 0.05) is 41.7 Å². The first-order valence-electron chi connectivity index (χ1n) is 8.15. The molecule has 0 aromatic carbocycles. The number of aromatic nitrogens is 3. The maximum atomic E-state index is 12.6. The molecule has 0 radical (unpaired) electrons. The predicted octanol–water partition coefficient (Wildman–Crippen LogP) is 3.11. The summed E-state index contributed by atoms with van der Waals surface area (Å²) in [6.45, 7) is 8.07. The van der Waals surface area contributed by atoms with Gasteiger partial charge in [0.1, 0.15) is 0 Å². The second-order valence-electron chi connectivity index (χ2n) is 7.26. The van der Waals surface area contributed by atoms with Crippen molar-refractivity contribution in [1.29, 1.82) is 0 Å². The van der Waals surface area contributed by atoms with E-state index < -0.39 is 0 Å². The minimum absolute atomic E-state index is 0.0444. The van der Waals surface area contributed by atoms with Gasteiger partial charge in [0.05, 0.1) is 17.1 Å². The van der Waals surface area contributed by atoms with Crippen molar-refractivity contribution in [1.82, 2.24) is 20.1 Å². The van der Waals surface area contributed by atoms with Crippen LogP contribution in [-0.2, 0) is 16.6 Å². The van der Waals surface area contributed by atoms with Gasteiger partial charge in [-0.15, -0.1) is 11.3 Å². The number of nitrogens with zero attached hydrogens (tertiary/aromatic N) is 3. The number of likely N-dealkylation sites (tertiary alicyclic amines) is 1. The quantitative estimate of drug-likeness (QED) is 0.939. The van der Waals surface area contributed by atoms with Crippen molar-refractivity contribution >= 4 is 17.2 Å². The van der Waals surface area contributed by atoms with Gasteiger partial charge in [-0.05, 0) is 18.9 Å². The molecule has 2 aromatic rings. The van der Waals surface area contributed by atoms with Gasteiger partial charge >= 0.3 is 0 Å². The van der Waals surface area contributed by atoms with Gasteiger partial charge in [-0.1, -0.05) is 20.8 Å². The second kappa shape index (κ2) is 6.43. The summed E-state index contributed by atoms with van der Waals surface area (Å²) in [6, 6.07) is 2.01. The van der Waals surface area contributed by atoms with Gasteiger partial charge in [0.15, 0.2) is 0 Å². The summed E-state index contributed by atoms with van der Waals surface area (Å²) in [7, 11) is 0. The van der Waals surface area contributed by atoms with Gasteiger partial charge in [0.25, 0.3) is 0 Å². The molecular weight excluding hydrogens is 308 g/mol. The van der Waals surface area contributed by atoms with Crippen molar-refractivity contribution < 1.29 is 4.79 Å². The van der Waals surface area contributed by atoms with Crippen LogP contribution in [0.5, 0.6) is 0 Å². The Morgan fingerprint density at radius 1 is 1.48 bits per heavy atom. The number of thiazole rings is 1. The lowest BCUT2D eigenvalue weighted by Gasteiger charge is -2.32. The average Bonchev–Trinajstić information content (AvgIpc) is 3.18. The number of carbonyl (C=O) groups is 1. The van der Waals surface area contributed by atoms with Gasteiger partial charge < -0.3 is 4.90 Å². The van der Waals surface area contributed by atoms with E-state index in [1.807, 2.05) is 16.3 Å². The zero-order valence-corrected chi connectivity index (χ0v) is 14.8. The number of carbonyl (C=O) groups excluding carboxylic acids is 1. The van der Waals surface area contributed by atoms with Crippen LogP contribution < -0.4 is 0 Å². The Bertz CT molecular complexity index is 656. The van der Waals surface area contributed by atoms with Crippen LogP contribution in [0.1, 0.15) is 55.9 Å². The van der Waals surface area contributed by atoms with Crippen LogP contribution in [0.3, 0.4) is 0 Å². The Labute approximate surface area is 141 Å². The third-order valence-corrected chi connectivity index (χ3v) is 5.58. The van der Waals surface area contributed by atoms with Crippen LogP contribution in [0, 0.1) is 0 Å². The van der Waals surface area contributed by atoms with Crippen molar-refractivity contribution in [2.75, 3.05) is 13.1 Å². The van der Waals surface area contributed by atoms with Crippen LogP contribution in [-0.4, -0.2) is 39.1 Å². The smallest absolute Gasteiger partial charge is 0.228 e. The Balaban J connectivity index is 1.63. The molecule has 1 saturated heterocycles. The number of rotatable bonds is 3. The van der Waals surface area contributed by atoms with Crippen molar-refractivity contribution in [2.24, 2.45) is 0 Å². The fourth-order valence-electron chi connectivity index (χ4n) is 2.95. The van der Waals surface area contributed by atoms with Crippen LogP contribution in [0.2, 0.25) is 0 Å². The molecule has 0 aliphatic carbocycles. The molecule has 5 nitrogen and oxygen atoms in total. The van der Waals surface area contributed by atoms with E-state index in [4.69, 9.17) is 0 Å². The first kappa shape index (κ1) is 16.2. The average molecular weight is 332 g/mol. The van der Waals surface area contributed by atoms with Gasteiger partial charge in [-0.25, -0.2) is 4.98 Å². The molecule has 1 N–H and O–H groups in total. The molecule has 1 atom stereocenters. The Kier molecular flexibility index (Phi) is 4.53. The Morgan fingerprint density at radius 2 is 2.30 bits per heavy atom. The number of hydrogen-bond donors (Lipinski definition) is 1. The van der Waals surface area contributed by atoms with E-state index in [1.54, 1.807) is 17.5 Å². The predicted molar refractivity (Wildman–Crippen MR) is 91.7 cm³/mol. The molecule has 2 aromatic heterocycles. The Hall–Kier alpha value is -1.69. The SMILES string of the molecule is CC(C)(C)c1nc(CC(=O)N2CCC[C@H](c3ccn[nH]3)C2)cs1. The van der Waals surface area contributed by atoms with Crippen LogP contribution >= 0.6 is 11.3 Å². The van der Waals surface area contributed by atoms with Crippen molar-refractivity contribution in [3.05, 3.63) is 34.0 Å². The molecule has 1 fully saturated rings. The minimum atomic E-state index is 0.0444. The van der Waals surface area contributed by atoms with Gasteiger partial charge in [-0.2, -0.15) is 5.10 Å².